The van der Waals surface area contributed by atoms with Gasteiger partial charge in [0.1, 0.15) is 42.3 Å². The van der Waals surface area contributed by atoms with E-state index in [1.54, 1.807) is 6.26 Å². The van der Waals surface area contributed by atoms with Crippen LogP contribution < -0.4 is 59.7 Å². The fourth-order valence-electron chi connectivity index (χ4n) is 6.70. The Kier molecular flexibility index (Phi) is 27.8. The molecule has 0 aromatic carbocycles. The van der Waals surface area contributed by atoms with E-state index < -0.39 is 96.2 Å². The van der Waals surface area contributed by atoms with Gasteiger partial charge in [-0.15, -0.1) is 11.8 Å². The van der Waals surface area contributed by atoms with Crippen molar-refractivity contribution in [1.82, 2.24) is 42.5 Å². The highest BCUT2D eigenvalue weighted by atomic mass is 32.2. The molecule has 0 heterocycles. The van der Waals surface area contributed by atoms with Gasteiger partial charge < -0.3 is 64.8 Å². The van der Waals surface area contributed by atoms with Crippen molar-refractivity contribution in [2.45, 2.75) is 141 Å². The van der Waals surface area contributed by atoms with E-state index in [0.717, 1.165) is 43.9 Å². The third-order valence-electron chi connectivity index (χ3n) is 10.1. The second kappa shape index (κ2) is 31.1. The Morgan fingerprint density at radius 2 is 1.19 bits per heavy atom. The zero-order chi connectivity index (χ0) is 48.4. The number of nitrogens with zero attached hydrogens (tertiary/aromatic N) is 1. The predicted octanol–water partition coefficient (Wildman–Crippen LogP) is -2.45. The predicted molar refractivity (Wildman–Crippen MR) is 246 cm³/mol. The molecule has 0 bridgehead atoms. The zero-order valence-electron chi connectivity index (χ0n) is 37.9. The number of nitrogens with two attached hydrogens (primary N) is 3. The maximum absolute atomic E-state index is 13.8. The number of hydrogen-bond donors (Lipinski definition) is 12. The number of guanidine groups is 1. The summed E-state index contributed by atoms with van der Waals surface area (Å²) in [5.74, 6) is -5.80. The number of thioether (sulfide) groups is 2. The van der Waals surface area contributed by atoms with Gasteiger partial charge in [0.25, 0.3) is 0 Å². The molecule has 7 atom stereocenters. The summed E-state index contributed by atoms with van der Waals surface area (Å²) >= 11 is 2.45. The van der Waals surface area contributed by atoms with Gasteiger partial charge in [-0.3, -0.25) is 48.1 Å². The zero-order valence-corrected chi connectivity index (χ0v) is 39.6. The second-order valence-electron chi connectivity index (χ2n) is 16.2. The standard InChI is InChI=1S/C40H72N12O10S2/c1-22(2)17-29(33(41)56)50-38(61)31(19-53)51-39(62)32(20-64-21-45-24(4)54)52-36(59)28(14-16-63-6)48-34(57)23(3)46-35(58)27(13-10-15-44-40(42)43)49-37(60)30(47-25(5)55)18-26-11-8-7-9-12-26/h22-23,26-32,53H,7-21H2,1-6H3,(H2,41,56)(H,45,54)(H,46,58)(H,47,55)(H,48,57)(H,49,60)(H,50,61)(H,51,62)(H,52,59)(H4,42,43,44)/t23-,27-,28-,29-,30-,31-,32-/m0/s1. The summed E-state index contributed by atoms with van der Waals surface area (Å²) in [6.45, 7) is 6.90. The van der Waals surface area contributed by atoms with Crippen LogP contribution in [-0.2, 0) is 43.2 Å². The molecule has 364 valence electrons. The first-order valence-electron chi connectivity index (χ1n) is 21.5. The lowest BCUT2D eigenvalue weighted by Gasteiger charge is -2.28. The maximum atomic E-state index is 13.8. The van der Waals surface area contributed by atoms with Gasteiger partial charge in [0.15, 0.2) is 5.96 Å². The highest BCUT2D eigenvalue weighted by molar-refractivity contribution is 7.99. The fourth-order valence-corrected chi connectivity index (χ4v) is 8.06. The molecule has 0 unspecified atom stereocenters. The van der Waals surface area contributed by atoms with Crippen LogP contribution >= 0.6 is 23.5 Å². The molecule has 1 rings (SSSR count). The van der Waals surface area contributed by atoms with E-state index in [1.165, 1.54) is 32.5 Å². The topological polar surface area (TPSA) is 361 Å². The van der Waals surface area contributed by atoms with Crippen LogP contribution in [-0.4, -0.2) is 143 Å². The quantitative estimate of drug-likeness (QED) is 0.0154. The van der Waals surface area contributed by atoms with E-state index in [2.05, 4.69) is 47.5 Å². The summed E-state index contributed by atoms with van der Waals surface area (Å²) < 4.78 is 0. The Bertz CT molecular complexity index is 1600. The van der Waals surface area contributed by atoms with E-state index in [4.69, 9.17) is 17.2 Å². The average Bonchev–Trinajstić information content (AvgIpc) is 3.22. The average molecular weight is 945 g/mol. The Labute approximate surface area is 384 Å². The highest BCUT2D eigenvalue weighted by Gasteiger charge is 2.33. The Morgan fingerprint density at radius 1 is 0.656 bits per heavy atom. The Morgan fingerprint density at radius 3 is 1.75 bits per heavy atom. The molecule has 0 aromatic rings. The molecule has 22 nitrogen and oxygen atoms in total. The van der Waals surface area contributed by atoms with Gasteiger partial charge in [-0.25, -0.2) is 0 Å². The van der Waals surface area contributed by atoms with Gasteiger partial charge in [0.05, 0.1) is 12.5 Å². The number of aliphatic imine (C=N–C) groups is 1. The summed E-state index contributed by atoms with van der Waals surface area (Å²) in [6, 6.07) is -8.49. The first-order valence-corrected chi connectivity index (χ1v) is 24.1. The molecule has 0 aromatic heterocycles. The van der Waals surface area contributed by atoms with Crippen molar-refractivity contribution in [1.29, 1.82) is 0 Å². The first-order chi connectivity index (χ1) is 30.2. The molecule has 9 amide bonds. The minimum atomic E-state index is -1.54. The molecule has 24 heteroatoms. The molecule has 1 fully saturated rings. The van der Waals surface area contributed by atoms with Crippen molar-refractivity contribution < 1.29 is 48.3 Å². The van der Waals surface area contributed by atoms with E-state index >= 15 is 0 Å². The molecular weight excluding hydrogens is 873 g/mol. The smallest absolute Gasteiger partial charge is 0.245 e. The van der Waals surface area contributed by atoms with Crippen molar-refractivity contribution in [2.75, 3.05) is 36.8 Å². The van der Waals surface area contributed by atoms with Crippen LogP contribution in [0, 0.1) is 11.8 Å². The van der Waals surface area contributed by atoms with Gasteiger partial charge in [0.2, 0.25) is 53.2 Å². The van der Waals surface area contributed by atoms with Gasteiger partial charge in [0, 0.05) is 26.1 Å². The fraction of sp³-hybridized carbons (Fsp3) is 0.750. The molecule has 1 aliphatic carbocycles. The van der Waals surface area contributed by atoms with Crippen LogP contribution in [0.25, 0.3) is 0 Å². The van der Waals surface area contributed by atoms with Crippen molar-refractivity contribution in [2.24, 2.45) is 34.0 Å². The van der Waals surface area contributed by atoms with Gasteiger partial charge >= 0.3 is 0 Å². The minimum Gasteiger partial charge on any atom is -0.394 e. The lowest BCUT2D eigenvalue weighted by Crippen LogP contribution is -2.60. The molecule has 15 N–H and O–H groups in total. The Balaban J connectivity index is 3.24. The number of amides is 9. The molecule has 0 spiro atoms. The monoisotopic (exact) mass is 944 g/mol. The van der Waals surface area contributed by atoms with E-state index in [-0.39, 0.29) is 67.6 Å². The summed E-state index contributed by atoms with van der Waals surface area (Å²) in [5.41, 5.74) is 16.4. The number of hydrogen-bond acceptors (Lipinski definition) is 13. The van der Waals surface area contributed by atoms with Gasteiger partial charge in [-0.2, -0.15) is 11.8 Å². The lowest BCUT2D eigenvalue weighted by molar-refractivity contribution is -0.135. The summed E-state index contributed by atoms with van der Waals surface area (Å²) in [5, 5.41) is 30.7. The normalized spacial score (nSPS) is 15.9. The number of nitrogens with one attached hydrogen (secondary N) is 8. The van der Waals surface area contributed by atoms with Gasteiger partial charge in [-0.05, 0) is 62.9 Å². The van der Waals surface area contributed by atoms with Gasteiger partial charge in [-0.1, -0.05) is 46.0 Å². The largest absolute Gasteiger partial charge is 0.394 e. The molecular formula is C40H72N12O10S2. The van der Waals surface area contributed by atoms with E-state index in [9.17, 15) is 48.3 Å². The molecule has 0 aliphatic heterocycles. The van der Waals surface area contributed by atoms with Crippen LogP contribution in [0.2, 0.25) is 0 Å². The first kappa shape index (κ1) is 57.2. The molecule has 64 heavy (non-hydrogen) atoms. The number of aliphatic hydroxyl groups is 1. The summed E-state index contributed by atoms with van der Waals surface area (Å²) in [6.07, 6.45) is 7.81. The minimum absolute atomic E-state index is 0.0258. The second-order valence-corrected chi connectivity index (χ2v) is 18.2. The number of rotatable bonds is 30. The van der Waals surface area contributed by atoms with Crippen molar-refractivity contribution in [3.05, 3.63) is 0 Å². The van der Waals surface area contributed by atoms with Crippen molar-refractivity contribution in [3.8, 4) is 0 Å². The molecule has 0 radical (unpaired) electrons. The molecule has 1 aliphatic rings. The Hall–Kier alpha value is -4.84. The highest BCUT2D eigenvalue weighted by Crippen LogP contribution is 2.27. The van der Waals surface area contributed by atoms with Crippen LogP contribution in [0.1, 0.15) is 98.8 Å². The lowest BCUT2D eigenvalue weighted by atomic mass is 9.84. The van der Waals surface area contributed by atoms with Crippen LogP contribution in [0.15, 0.2) is 4.99 Å². The van der Waals surface area contributed by atoms with Crippen molar-refractivity contribution in [3.63, 3.8) is 0 Å². The van der Waals surface area contributed by atoms with E-state index in [0.29, 0.717) is 12.2 Å². The van der Waals surface area contributed by atoms with Crippen LogP contribution in [0.4, 0.5) is 0 Å². The third-order valence-corrected chi connectivity index (χ3v) is 11.6. The number of carbonyl (C=O) groups excluding carboxylic acids is 9. The summed E-state index contributed by atoms with van der Waals surface area (Å²) in [7, 11) is 0. The molecule has 0 saturated heterocycles. The summed E-state index contributed by atoms with van der Waals surface area (Å²) in [4.78, 5) is 121. The number of aliphatic hydroxyl groups excluding tert-OH is 1. The van der Waals surface area contributed by atoms with Crippen LogP contribution in [0.5, 0.6) is 0 Å². The number of carbonyl (C=O) groups is 9. The van der Waals surface area contributed by atoms with E-state index in [1.807, 2.05) is 13.8 Å². The molecule has 1 saturated carbocycles. The third kappa shape index (κ3) is 23.7. The number of primary amides is 1. The SMILES string of the molecule is CSCC[C@H](NC(=O)[C@H](C)NC(=O)[C@H](CCCN=C(N)N)NC(=O)[C@H](CC1CCCCC1)NC(C)=O)C(=O)N[C@@H](CSCNC(C)=O)C(=O)N[C@@H](CO)C(=O)N[C@@H](CC(C)C)C(N)=O. The van der Waals surface area contributed by atoms with Crippen LogP contribution in [0.3, 0.4) is 0 Å². The maximum Gasteiger partial charge on any atom is 0.245 e. The van der Waals surface area contributed by atoms with Crippen molar-refractivity contribution >= 4 is 82.6 Å².